The van der Waals surface area contributed by atoms with E-state index in [1.165, 1.54) is 10.6 Å². The Morgan fingerprint density at radius 3 is 2.55 bits per heavy atom. The number of aromatic nitrogens is 1. The molecule has 0 aliphatic heterocycles. The molecule has 1 N–H and O–H groups in total. The number of pyridine rings is 1. The molecule has 0 saturated carbocycles. The molecule has 1 aromatic heterocycles. The van der Waals surface area contributed by atoms with Crippen molar-refractivity contribution < 1.29 is 9.53 Å². The van der Waals surface area contributed by atoms with Gasteiger partial charge in [-0.2, -0.15) is 0 Å². The maximum absolute atomic E-state index is 12.0. The van der Waals surface area contributed by atoms with Gasteiger partial charge < -0.3 is 4.74 Å². The summed E-state index contributed by atoms with van der Waals surface area (Å²) >= 11 is 0. The summed E-state index contributed by atoms with van der Waals surface area (Å²) in [5, 5.41) is 2.50. The van der Waals surface area contributed by atoms with Crippen LogP contribution in [0, 0.1) is 6.92 Å². The van der Waals surface area contributed by atoms with Gasteiger partial charge in [-0.25, -0.2) is 4.79 Å². The predicted molar refractivity (Wildman–Crippen MR) is 77.4 cm³/mol. The van der Waals surface area contributed by atoms with E-state index >= 15 is 0 Å². The standard InChI is InChI=1S/C15H16N2O3/c1-3-20-15(19)16-12-8-9-17(14(18)10-12)13-6-4-11(2)5-7-13/h4-10H,3H2,1-2H3,(H,16,19). The largest absolute Gasteiger partial charge is 0.450 e. The van der Waals surface area contributed by atoms with E-state index < -0.39 is 6.09 Å². The van der Waals surface area contributed by atoms with Gasteiger partial charge in [-0.05, 0) is 32.0 Å². The average molecular weight is 272 g/mol. The molecule has 1 aromatic carbocycles. The van der Waals surface area contributed by atoms with E-state index in [1.807, 2.05) is 31.2 Å². The van der Waals surface area contributed by atoms with Gasteiger partial charge in [0.2, 0.25) is 0 Å². The summed E-state index contributed by atoms with van der Waals surface area (Å²) in [6.07, 6.45) is 1.05. The van der Waals surface area contributed by atoms with Crippen LogP contribution < -0.4 is 10.9 Å². The third-order valence-corrected chi connectivity index (χ3v) is 2.75. The number of aryl methyl sites for hydroxylation is 1. The van der Waals surface area contributed by atoms with Crippen LogP contribution >= 0.6 is 0 Å². The lowest BCUT2D eigenvalue weighted by Crippen LogP contribution is -2.19. The minimum absolute atomic E-state index is 0.219. The molecular weight excluding hydrogens is 256 g/mol. The number of hydrogen-bond donors (Lipinski definition) is 1. The molecule has 1 amide bonds. The number of rotatable bonds is 3. The van der Waals surface area contributed by atoms with Crippen molar-refractivity contribution in [1.29, 1.82) is 0 Å². The molecular formula is C15H16N2O3. The number of nitrogens with one attached hydrogen (secondary N) is 1. The summed E-state index contributed by atoms with van der Waals surface area (Å²) < 4.78 is 6.26. The van der Waals surface area contributed by atoms with E-state index in [-0.39, 0.29) is 12.2 Å². The lowest BCUT2D eigenvalue weighted by atomic mass is 10.2. The lowest BCUT2D eigenvalue weighted by Gasteiger charge is -2.08. The van der Waals surface area contributed by atoms with E-state index in [2.05, 4.69) is 5.32 Å². The van der Waals surface area contributed by atoms with Crippen LogP contribution in [0.3, 0.4) is 0 Å². The number of nitrogens with zero attached hydrogens (tertiary/aromatic N) is 1. The minimum atomic E-state index is -0.569. The monoisotopic (exact) mass is 272 g/mol. The highest BCUT2D eigenvalue weighted by molar-refractivity contribution is 5.84. The smallest absolute Gasteiger partial charge is 0.411 e. The van der Waals surface area contributed by atoms with E-state index in [4.69, 9.17) is 4.74 Å². The fraction of sp³-hybridized carbons (Fsp3) is 0.200. The van der Waals surface area contributed by atoms with E-state index in [0.717, 1.165) is 11.3 Å². The first-order chi connectivity index (χ1) is 9.60. The Morgan fingerprint density at radius 2 is 1.95 bits per heavy atom. The van der Waals surface area contributed by atoms with Gasteiger partial charge in [0, 0.05) is 18.0 Å². The Morgan fingerprint density at radius 1 is 1.25 bits per heavy atom. The third kappa shape index (κ3) is 3.26. The molecule has 0 bridgehead atoms. The van der Waals surface area contributed by atoms with Crippen molar-refractivity contribution >= 4 is 11.8 Å². The molecule has 0 radical (unpaired) electrons. The highest BCUT2D eigenvalue weighted by Crippen LogP contribution is 2.09. The molecule has 0 fully saturated rings. The van der Waals surface area contributed by atoms with Gasteiger partial charge >= 0.3 is 6.09 Å². The van der Waals surface area contributed by atoms with Crippen molar-refractivity contribution in [2.24, 2.45) is 0 Å². The molecule has 2 aromatic rings. The van der Waals surface area contributed by atoms with Crippen LogP contribution in [0.1, 0.15) is 12.5 Å². The SMILES string of the molecule is CCOC(=O)Nc1ccn(-c2ccc(C)cc2)c(=O)c1. The first-order valence-corrected chi connectivity index (χ1v) is 6.33. The molecule has 0 spiro atoms. The van der Waals surface area contributed by atoms with Gasteiger partial charge in [-0.1, -0.05) is 17.7 Å². The zero-order chi connectivity index (χ0) is 14.5. The quantitative estimate of drug-likeness (QED) is 0.934. The molecule has 0 saturated heterocycles. The zero-order valence-corrected chi connectivity index (χ0v) is 11.4. The number of carbonyl (C=O) groups is 1. The van der Waals surface area contributed by atoms with Crippen LogP contribution in [0.5, 0.6) is 0 Å². The van der Waals surface area contributed by atoms with Crippen LogP contribution in [-0.2, 0) is 4.74 Å². The first kappa shape index (κ1) is 13.9. The zero-order valence-electron chi connectivity index (χ0n) is 11.4. The number of anilines is 1. The second kappa shape index (κ2) is 6.06. The average Bonchev–Trinajstić information content (AvgIpc) is 2.40. The maximum Gasteiger partial charge on any atom is 0.411 e. The van der Waals surface area contributed by atoms with Gasteiger partial charge in [-0.3, -0.25) is 14.7 Å². The lowest BCUT2D eigenvalue weighted by molar-refractivity contribution is 0.168. The fourth-order valence-corrected chi connectivity index (χ4v) is 1.76. The number of hydrogen-bond acceptors (Lipinski definition) is 3. The van der Waals surface area contributed by atoms with E-state index in [1.54, 1.807) is 19.2 Å². The number of ether oxygens (including phenoxy) is 1. The van der Waals surface area contributed by atoms with Gasteiger partial charge in [0.15, 0.2) is 0 Å². The molecule has 104 valence electrons. The van der Waals surface area contributed by atoms with Crippen LogP contribution in [0.25, 0.3) is 5.69 Å². The van der Waals surface area contributed by atoms with Gasteiger partial charge in [0.1, 0.15) is 0 Å². The maximum atomic E-state index is 12.0. The Balaban J connectivity index is 2.24. The van der Waals surface area contributed by atoms with Crippen LogP contribution in [0.4, 0.5) is 10.5 Å². The minimum Gasteiger partial charge on any atom is -0.450 e. The topological polar surface area (TPSA) is 60.3 Å². The number of benzene rings is 1. The molecule has 0 aliphatic rings. The van der Waals surface area contributed by atoms with Crippen molar-refractivity contribution in [3.05, 3.63) is 58.5 Å². The fourth-order valence-electron chi connectivity index (χ4n) is 1.76. The van der Waals surface area contributed by atoms with Gasteiger partial charge in [-0.15, -0.1) is 0 Å². The Labute approximate surface area is 116 Å². The summed E-state index contributed by atoms with van der Waals surface area (Å²) in [6, 6.07) is 10.6. The molecule has 0 unspecified atom stereocenters. The summed E-state index contributed by atoms with van der Waals surface area (Å²) in [6.45, 7) is 3.99. The Kier molecular flexibility index (Phi) is 4.20. The molecule has 5 nitrogen and oxygen atoms in total. The van der Waals surface area contributed by atoms with Crippen LogP contribution in [0.2, 0.25) is 0 Å². The number of amides is 1. The van der Waals surface area contributed by atoms with E-state index in [0.29, 0.717) is 5.69 Å². The second-order valence-corrected chi connectivity index (χ2v) is 4.30. The molecule has 5 heteroatoms. The summed E-state index contributed by atoms with van der Waals surface area (Å²) in [4.78, 5) is 23.3. The van der Waals surface area contributed by atoms with Gasteiger partial charge in [0.05, 0.1) is 12.3 Å². The van der Waals surface area contributed by atoms with Crippen molar-refractivity contribution in [3.63, 3.8) is 0 Å². The molecule has 0 atom stereocenters. The highest BCUT2D eigenvalue weighted by Gasteiger charge is 2.05. The molecule has 0 aliphatic carbocycles. The normalized spacial score (nSPS) is 10.1. The van der Waals surface area contributed by atoms with Gasteiger partial charge in [0.25, 0.3) is 5.56 Å². The first-order valence-electron chi connectivity index (χ1n) is 6.33. The van der Waals surface area contributed by atoms with Crippen molar-refractivity contribution in [2.45, 2.75) is 13.8 Å². The number of carbonyl (C=O) groups excluding carboxylic acids is 1. The molecule has 2 rings (SSSR count). The van der Waals surface area contributed by atoms with Crippen LogP contribution in [0.15, 0.2) is 47.4 Å². The summed E-state index contributed by atoms with van der Waals surface area (Å²) in [5.74, 6) is 0. The van der Waals surface area contributed by atoms with Crippen molar-refractivity contribution in [3.8, 4) is 5.69 Å². The Bertz CT molecular complexity index is 660. The third-order valence-electron chi connectivity index (χ3n) is 2.75. The van der Waals surface area contributed by atoms with Crippen LogP contribution in [-0.4, -0.2) is 17.3 Å². The Hall–Kier alpha value is -2.56. The molecule has 1 heterocycles. The van der Waals surface area contributed by atoms with E-state index in [9.17, 15) is 9.59 Å². The predicted octanol–water partition coefficient (Wildman–Crippen LogP) is 2.71. The van der Waals surface area contributed by atoms with Crippen molar-refractivity contribution in [2.75, 3.05) is 11.9 Å². The molecule has 20 heavy (non-hydrogen) atoms. The van der Waals surface area contributed by atoms with Crippen molar-refractivity contribution in [1.82, 2.24) is 4.57 Å². The summed E-state index contributed by atoms with van der Waals surface area (Å²) in [5.41, 5.74) is 2.10. The summed E-state index contributed by atoms with van der Waals surface area (Å²) in [7, 11) is 0. The second-order valence-electron chi connectivity index (χ2n) is 4.30. The highest BCUT2D eigenvalue weighted by atomic mass is 16.5.